The van der Waals surface area contributed by atoms with E-state index >= 15 is 0 Å². The van der Waals surface area contributed by atoms with E-state index in [1.165, 1.54) is 5.56 Å². The molecule has 0 aliphatic heterocycles. The first-order valence-electron chi connectivity index (χ1n) is 6.60. The van der Waals surface area contributed by atoms with Crippen molar-refractivity contribution in [3.05, 3.63) is 51.5 Å². The van der Waals surface area contributed by atoms with Gasteiger partial charge in [-0.3, -0.25) is 4.79 Å². The Morgan fingerprint density at radius 3 is 2.47 bits per heavy atom. The summed E-state index contributed by atoms with van der Waals surface area (Å²) in [5.74, 6) is 0.700. The number of ketones is 1. The molecular weight excluding hydrogens is 254 g/mol. The summed E-state index contributed by atoms with van der Waals surface area (Å²) in [4.78, 5) is 16.5. The van der Waals surface area contributed by atoms with Gasteiger partial charge in [0.15, 0.2) is 5.78 Å². The van der Waals surface area contributed by atoms with E-state index in [9.17, 15) is 4.79 Å². The van der Waals surface area contributed by atoms with Crippen molar-refractivity contribution >= 4 is 17.1 Å². The summed E-state index contributed by atoms with van der Waals surface area (Å²) in [6.07, 6.45) is 1.28. The fourth-order valence-corrected chi connectivity index (χ4v) is 2.71. The predicted octanol–water partition coefficient (Wildman–Crippen LogP) is 4.39. The molecule has 1 aromatic heterocycles. The molecule has 0 unspecified atom stereocenters. The first-order chi connectivity index (χ1) is 9.06. The average Bonchev–Trinajstić information content (AvgIpc) is 2.82. The van der Waals surface area contributed by atoms with Crippen molar-refractivity contribution < 1.29 is 4.79 Å². The van der Waals surface area contributed by atoms with Crippen molar-refractivity contribution in [2.75, 3.05) is 0 Å². The Balaban J connectivity index is 1.96. The molecule has 0 spiro atoms. The molecule has 2 aromatic rings. The van der Waals surface area contributed by atoms with Crippen LogP contribution < -0.4 is 0 Å². The van der Waals surface area contributed by atoms with E-state index in [4.69, 9.17) is 0 Å². The van der Waals surface area contributed by atoms with E-state index in [0.717, 1.165) is 22.7 Å². The maximum absolute atomic E-state index is 12.1. The molecule has 0 bridgehead atoms. The Labute approximate surface area is 118 Å². The number of Topliss-reactive ketones (excluding diaryl/α,β-unsaturated/α-hetero) is 1. The third kappa shape index (κ3) is 3.74. The molecule has 0 aliphatic carbocycles. The number of rotatable bonds is 5. The maximum Gasteiger partial charge on any atom is 0.163 e. The quantitative estimate of drug-likeness (QED) is 0.756. The third-order valence-corrected chi connectivity index (χ3v) is 4.16. The van der Waals surface area contributed by atoms with Crippen LogP contribution in [0.25, 0.3) is 0 Å². The molecule has 1 aromatic carbocycles. The van der Waals surface area contributed by atoms with E-state index < -0.39 is 0 Å². The molecule has 1 heterocycles. The minimum atomic E-state index is 0.197. The first kappa shape index (κ1) is 13.9. The van der Waals surface area contributed by atoms with Crippen LogP contribution in [-0.4, -0.2) is 10.8 Å². The van der Waals surface area contributed by atoms with Gasteiger partial charge in [-0.05, 0) is 18.4 Å². The highest BCUT2D eigenvalue weighted by Crippen LogP contribution is 2.17. The number of nitrogens with zero attached hydrogens (tertiary/aromatic N) is 1. The van der Waals surface area contributed by atoms with E-state index in [1.807, 2.05) is 36.6 Å². The van der Waals surface area contributed by atoms with Crippen LogP contribution in [0.4, 0.5) is 0 Å². The molecule has 3 heteroatoms. The lowest BCUT2D eigenvalue weighted by atomic mass is 9.99. The molecule has 100 valence electrons. The van der Waals surface area contributed by atoms with E-state index in [0.29, 0.717) is 12.3 Å². The zero-order valence-corrected chi connectivity index (χ0v) is 12.5. The number of benzene rings is 1. The van der Waals surface area contributed by atoms with Crippen molar-refractivity contribution in [3.8, 4) is 0 Å². The molecule has 0 aliphatic rings. The highest BCUT2D eigenvalue weighted by atomic mass is 32.1. The van der Waals surface area contributed by atoms with E-state index in [2.05, 4.69) is 18.8 Å². The van der Waals surface area contributed by atoms with Crippen LogP contribution in [-0.2, 0) is 6.42 Å². The second kappa shape index (κ2) is 6.11. The fraction of sp³-hybridized carbons (Fsp3) is 0.375. The van der Waals surface area contributed by atoms with Crippen LogP contribution in [0.2, 0.25) is 0 Å². The summed E-state index contributed by atoms with van der Waals surface area (Å²) < 4.78 is 0. The lowest BCUT2D eigenvalue weighted by molar-refractivity contribution is 0.0983. The zero-order valence-electron chi connectivity index (χ0n) is 11.6. The first-order valence-corrected chi connectivity index (χ1v) is 7.48. The summed E-state index contributed by atoms with van der Waals surface area (Å²) in [6.45, 7) is 6.29. The maximum atomic E-state index is 12.1. The average molecular weight is 273 g/mol. The molecule has 0 atom stereocenters. The molecule has 2 rings (SSSR count). The number of aryl methyl sites for hydroxylation is 2. The number of carbonyl (C=O) groups excluding carboxylic acids is 1. The number of carbonyl (C=O) groups is 1. The van der Waals surface area contributed by atoms with Gasteiger partial charge in [0, 0.05) is 29.5 Å². The minimum Gasteiger partial charge on any atom is -0.294 e. The number of thiazole rings is 1. The highest BCUT2D eigenvalue weighted by Gasteiger charge is 2.08. The normalized spacial score (nSPS) is 10.9. The van der Waals surface area contributed by atoms with Crippen LogP contribution >= 0.6 is 11.3 Å². The molecule has 19 heavy (non-hydrogen) atoms. The van der Waals surface area contributed by atoms with Gasteiger partial charge < -0.3 is 0 Å². The van der Waals surface area contributed by atoms with Gasteiger partial charge in [0.1, 0.15) is 0 Å². The summed E-state index contributed by atoms with van der Waals surface area (Å²) in [6, 6.07) is 7.96. The predicted molar refractivity (Wildman–Crippen MR) is 80.0 cm³/mol. The highest BCUT2D eigenvalue weighted by molar-refractivity contribution is 7.09. The molecule has 0 saturated carbocycles. The minimum absolute atomic E-state index is 0.197. The number of hydrogen-bond donors (Lipinski definition) is 0. The molecule has 0 saturated heterocycles. The monoisotopic (exact) mass is 273 g/mol. The van der Waals surface area contributed by atoms with Crippen molar-refractivity contribution in [2.45, 2.75) is 39.5 Å². The Bertz CT molecular complexity index is 554. The third-order valence-electron chi connectivity index (χ3n) is 3.13. The molecule has 0 fully saturated rings. The Morgan fingerprint density at radius 2 is 1.95 bits per heavy atom. The zero-order chi connectivity index (χ0) is 13.8. The van der Waals surface area contributed by atoms with Crippen LogP contribution in [0.1, 0.15) is 52.8 Å². The molecule has 0 amide bonds. The van der Waals surface area contributed by atoms with Crippen LogP contribution in [0.5, 0.6) is 0 Å². The van der Waals surface area contributed by atoms with Crippen molar-refractivity contribution in [1.82, 2.24) is 4.98 Å². The fourth-order valence-electron chi connectivity index (χ4n) is 1.94. The molecular formula is C16H19NOS. The standard InChI is InChI=1S/C16H19NOS/c1-11(2)13-4-6-14(7-5-13)15(18)8-9-16-17-12(3)10-19-16/h4-7,10-11H,8-9H2,1-3H3. The van der Waals surface area contributed by atoms with Crippen molar-refractivity contribution in [2.24, 2.45) is 0 Å². The SMILES string of the molecule is Cc1csc(CCC(=O)c2ccc(C(C)C)cc2)n1. The van der Waals surface area contributed by atoms with Gasteiger partial charge in [-0.1, -0.05) is 38.1 Å². The van der Waals surface area contributed by atoms with Gasteiger partial charge in [-0.25, -0.2) is 4.98 Å². The molecule has 0 N–H and O–H groups in total. The van der Waals surface area contributed by atoms with Crippen LogP contribution in [0, 0.1) is 6.92 Å². The van der Waals surface area contributed by atoms with Gasteiger partial charge >= 0.3 is 0 Å². The summed E-state index contributed by atoms with van der Waals surface area (Å²) in [7, 11) is 0. The molecule has 2 nitrogen and oxygen atoms in total. The topological polar surface area (TPSA) is 30.0 Å². The lowest BCUT2D eigenvalue weighted by Crippen LogP contribution is -2.01. The van der Waals surface area contributed by atoms with Crippen molar-refractivity contribution in [3.63, 3.8) is 0 Å². The summed E-state index contributed by atoms with van der Waals surface area (Å²) >= 11 is 1.63. The summed E-state index contributed by atoms with van der Waals surface area (Å²) in [5, 5.41) is 3.07. The van der Waals surface area contributed by atoms with E-state index in [-0.39, 0.29) is 5.78 Å². The summed E-state index contributed by atoms with van der Waals surface area (Å²) in [5.41, 5.74) is 3.11. The number of hydrogen-bond acceptors (Lipinski definition) is 3. The van der Waals surface area contributed by atoms with Gasteiger partial charge in [0.2, 0.25) is 0 Å². The Kier molecular flexibility index (Phi) is 4.48. The smallest absolute Gasteiger partial charge is 0.163 e. The van der Waals surface area contributed by atoms with Gasteiger partial charge in [0.05, 0.1) is 5.01 Å². The van der Waals surface area contributed by atoms with Crippen LogP contribution in [0.3, 0.4) is 0 Å². The largest absolute Gasteiger partial charge is 0.294 e. The van der Waals surface area contributed by atoms with Gasteiger partial charge in [-0.15, -0.1) is 11.3 Å². The van der Waals surface area contributed by atoms with Gasteiger partial charge in [-0.2, -0.15) is 0 Å². The van der Waals surface area contributed by atoms with E-state index in [1.54, 1.807) is 11.3 Å². The second-order valence-corrected chi connectivity index (χ2v) is 6.03. The lowest BCUT2D eigenvalue weighted by Gasteiger charge is -2.06. The Morgan fingerprint density at radius 1 is 1.26 bits per heavy atom. The second-order valence-electron chi connectivity index (χ2n) is 5.08. The molecule has 0 radical (unpaired) electrons. The van der Waals surface area contributed by atoms with Crippen molar-refractivity contribution in [1.29, 1.82) is 0 Å². The van der Waals surface area contributed by atoms with Gasteiger partial charge in [0.25, 0.3) is 0 Å². The van der Waals surface area contributed by atoms with Crippen LogP contribution in [0.15, 0.2) is 29.6 Å². The number of aromatic nitrogens is 1. The Hall–Kier alpha value is -1.48.